The maximum Gasteiger partial charge on any atom is 0.380 e. The van der Waals surface area contributed by atoms with E-state index in [2.05, 4.69) is 4.52 Å². The van der Waals surface area contributed by atoms with E-state index in [1.165, 1.54) is 19.3 Å². The summed E-state index contributed by atoms with van der Waals surface area (Å²) in [5.74, 6) is 0. The van der Waals surface area contributed by atoms with Gasteiger partial charge in [0.15, 0.2) is 6.23 Å². The summed E-state index contributed by atoms with van der Waals surface area (Å²) in [7, 11) is 1.39. The third-order valence-corrected chi connectivity index (χ3v) is 4.30. The van der Waals surface area contributed by atoms with E-state index in [1.54, 1.807) is 0 Å². The van der Waals surface area contributed by atoms with E-state index in [1.807, 2.05) is 0 Å². The SMILES string of the molecule is Cn1c(=N)ccn([C@@H]2O[C@H](COP(=O)(Cl)Cl)[C@H](O)C2O)c1=O. The summed E-state index contributed by atoms with van der Waals surface area (Å²) in [6.07, 6.45) is -7.61. The minimum Gasteiger partial charge on any atom is -0.387 e. The Morgan fingerprint density at radius 3 is 2.68 bits per heavy atom. The highest BCUT2D eigenvalue weighted by Gasteiger charge is 2.44. The molecular formula is C10H14Cl2N3O6P. The first-order chi connectivity index (χ1) is 10.1. The Kier molecular flexibility index (Phi) is 5.18. The molecule has 0 aliphatic carbocycles. The van der Waals surface area contributed by atoms with E-state index in [-0.39, 0.29) is 5.49 Å². The summed E-state index contributed by atoms with van der Waals surface area (Å²) < 4.78 is 23.2. The summed E-state index contributed by atoms with van der Waals surface area (Å²) in [4.78, 5) is 12.1. The zero-order chi connectivity index (χ0) is 16.7. The number of hydrogen-bond acceptors (Lipinski definition) is 7. The summed E-state index contributed by atoms with van der Waals surface area (Å²) >= 11 is 10.5. The van der Waals surface area contributed by atoms with Gasteiger partial charge in [-0.05, 0) is 28.5 Å². The predicted octanol–water partition coefficient (Wildman–Crippen LogP) is -0.112. The van der Waals surface area contributed by atoms with Crippen molar-refractivity contribution in [1.82, 2.24) is 9.13 Å². The fraction of sp³-hybridized carbons (Fsp3) is 0.600. The van der Waals surface area contributed by atoms with Crippen LogP contribution in [0.5, 0.6) is 0 Å². The van der Waals surface area contributed by atoms with Crippen LogP contribution in [0.1, 0.15) is 6.23 Å². The summed E-state index contributed by atoms with van der Waals surface area (Å²) in [5.41, 5.74) is -0.634. The largest absolute Gasteiger partial charge is 0.387 e. The highest BCUT2D eigenvalue weighted by Crippen LogP contribution is 2.57. The van der Waals surface area contributed by atoms with E-state index in [0.29, 0.717) is 0 Å². The van der Waals surface area contributed by atoms with Crippen LogP contribution < -0.4 is 11.2 Å². The molecule has 1 fully saturated rings. The molecule has 0 saturated carbocycles. The average molecular weight is 374 g/mol. The molecule has 0 radical (unpaired) electrons. The Labute approximate surface area is 134 Å². The normalized spacial score (nSPS) is 29.0. The summed E-state index contributed by atoms with van der Waals surface area (Å²) in [6.45, 7) is -0.420. The van der Waals surface area contributed by atoms with Gasteiger partial charge in [0.05, 0.1) is 6.61 Å². The Morgan fingerprint density at radius 1 is 1.45 bits per heavy atom. The Morgan fingerprint density at radius 2 is 2.09 bits per heavy atom. The predicted molar refractivity (Wildman–Crippen MR) is 76.7 cm³/mol. The summed E-state index contributed by atoms with van der Waals surface area (Å²) in [6, 6.07) is 1.33. The highest BCUT2D eigenvalue weighted by molar-refractivity contribution is 8.05. The first-order valence-corrected chi connectivity index (χ1v) is 9.53. The number of halogens is 2. The van der Waals surface area contributed by atoms with Gasteiger partial charge < -0.3 is 19.5 Å². The lowest BCUT2D eigenvalue weighted by atomic mass is 10.1. The van der Waals surface area contributed by atoms with Gasteiger partial charge >= 0.3 is 11.8 Å². The standard InChI is InChI=1S/C10H14Cl2N3O6P/c1-14-6(13)2-3-15(10(14)18)9-8(17)7(16)5(21-9)4-20-22(11,12)19/h2-3,5,7-9,13,16-17H,4H2,1H3/t5-,7+,8?,9-/m1/s1. The van der Waals surface area contributed by atoms with E-state index in [9.17, 15) is 19.6 Å². The number of hydrogen-bond donors (Lipinski definition) is 3. The molecule has 124 valence electrons. The lowest BCUT2D eigenvalue weighted by Gasteiger charge is -2.18. The second-order valence-corrected chi connectivity index (χ2v) is 8.98. The van der Waals surface area contributed by atoms with Crippen LogP contribution in [0.3, 0.4) is 0 Å². The number of nitrogens with one attached hydrogen (secondary N) is 1. The smallest absolute Gasteiger partial charge is 0.380 e. The zero-order valence-electron chi connectivity index (χ0n) is 11.3. The molecule has 0 aromatic carbocycles. The molecule has 1 aliphatic heterocycles. The molecule has 3 N–H and O–H groups in total. The van der Waals surface area contributed by atoms with Crippen LogP contribution in [0, 0.1) is 5.41 Å². The summed E-state index contributed by atoms with van der Waals surface area (Å²) in [5, 5.41) is 27.4. The van der Waals surface area contributed by atoms with Gasteiger partial charge in [0.25, 0.3) is 0 Å². The molecule has 0 bridgehead atoms. The molecule has 9 nitrogen and oxygen atoms in total. The van der Waals surface area contributed by atoms with E-state index < -0.39 is 42.9 Å². The van der Waals surface area contributed by atoms with Gasteiger partial charge in [0.1, 0.15) is 23.8 Å². The quantitative estimate of drug-likeness (QED) is 0.631. The van der Waals surface area contributed by atoms with Crippen LogP contribution in [0.4, 0.5) is 0 Å². The van der Waals surface area contributed by atoms with Crippen molar-refractivity contribution in [3.63, 3.8) is 0 Å². The second kappa shape index (κ2) is 6.45. The van der Waals surface area contributed by atoms with Crippen LogP contribution in [-0.2, 0) is 20.9 Å². The number of aliphatic hydroxyl groups is 2. The van der Waals surface area contributed by atoms with E-state index in [0.717, 1.165) is 9.13 Å². The van der Waals surface area contributed by atoms with Gasteiger partial charge in [-0.3, -0.25) is 19.1 Å². The molecule has 2 rings (SSSR count). The van der Waals surface area contributed by atoms with Crippen LogP contribution in [0.25, 0.3) is 0 Å². The van der Waals surface area contributed by atoms with Gasteiger partial charge in [-0.1, -0.05) is 0 Å². The Bertz CT molecular complexity index is 715. The van der Waals surface area contributed by atoms with Crippen molar-refractivity contribution in [2.45, 2.75) is 24.5 Å². The minimum absolute atomic E-state index is 0.0283. The lowest BCUT2D eigenvalue weighted by Crippen LogP contribution is -2.41. The zero-order valence-corrected chi connectivity index (χ0v) is 13.7. The van der Waals surface area contributed by atoms with Crippen molar-refractivity contribution in [3.8, 4) is 0 Å². The minimum atomic E-state index is -3.81. The van der Waals surface area contributed by atoms with Crippen molar-refractivity contribution in [3.05, 3.63) is 28.2 Å². The first-order valence-electron chi connectivity index (χ1n) is 6.10. The maximum atomic E-state index is 12.1. The van der Waals surface area contributed by atoms with Gasteiger partial charge in [0, 0.05) is 13.2 Å². The molecule has 1 saturated heterocycles. The molecule has 1 aromatic rings. The maximum absolute atomic E-state index is 12.1. The van der Waals surface area contributed by atoms with Gasteiger partial charge in [0.2, 0.25) is 0 Å². The Balaban J connectivity index is 2.24. The van der Waals surface area contributed by atoms with Crippen molar-refractivity contribution < 1.29 is 24.0 Å². The lowest BCUT2D eigenvalue weighted by molar-refractivity contribution is -0.0512. The van der Waals surface area contributed by atoms with Crippen LogP contribution in [0.2, 0.25) is 0 Å². The van der Waals surface area contributed by atoms with E-state index in [4.69, 9.17) is 32.6 Å². The molecule has 0 amide bonds. The molecule has 4 atom stereocenters. The third kappa shape index (κ3) is 3.62. The fourth-order valence-electron chi connectivity index (χ4n) is 2.05. The van der Waals surface area contributed by atoms with Crippen molar-refractivity contribution in [2.24, 2.45) is 7.05 Å². The fourth-order valence-corrected chi connectivity index (χ4v) is 2.71. The van der Waals surface area contributed by atoms with Crippen LogP contribution >= 0.6 is 28.6 Å². The average Bonchev–Trinajstić information content (AvgIpc) is 2.70. The second-order valence-electron chi connectivity index (χ2n) is 4.71. The van der Waals surface area contributed by atoms with Crippen molar-refractivity contribution in [2.75, 3.05) is 6.61 Å². The molecular weight excluding hydrogens is 360 g/mol. The number of nitrogens with zero attached hydrogens (tertiary/aromatic N) is 2. The number of ether oxygens (including phenoxy) is 1. The molecule has 1 aromatic heterocycles. The Hall–Kier alpha value is -0.670. The molecule has 0 spiro atoms. The molecule has 22 heavy (non-hydrogen) atoms. The number of rotatable bonds is 4. The van der Waals surface area contributed by atoms with Crippen molar-refractivity contribution in [1.29, 1.82) is 5.41 Å². The van der Waals surface area contributed by atoms with E-state index >= 15 is 0 Å². The molecule has 2 heterocycles. The molecule has 1 unspecified atom stereocenters. The highest BCUT2D eigenvalue weighted by atomic mass is 35.9. The van der Waals surface area contributed by atoms with Crippen LogP contribution in [0.15, 0.2) is 17.1 Å². The third-order valence-electron chi connectivity index (χ3n) is 3.26. The van der Waals surface area contributed by atoms with Crippen LogP contribution in [-0.4, -0.2) is 44.3 Å². The topological polar surface area (TPSA) is 127 Å². The number of aliphatic hydroxyl groups excluding tert-OH is 2. The monoisotopic (exact) mass is 373 g/mol. The molecule has 1 aliphatic rings. The van der Waals surface area contributed by atoms with Gasteiger partial charge in [-0.25, -0.2) is 4.79 Å². The van der Waals surface area contributed by atoms with Crippen molar-refractivity contribution >= 4 is 28.6 Å². The number of aromatic nitrogens is 2. The van der Waals surface area contributed by atoms with Gasteiger partial charge in [-0.15, -0.1) is 0 Å². The molecule has 12 heteroatoms. The van der Waals surface area contributed by atoms with Gasteiger partial charge in [-0.2, -0.15) is 0 Å². The first kappa shape index (κ1) is 17.7.